The molecule has 2 rings (SSSR count). The highest BCUT2D eigenvalue weighted by Gasteiger charge is 2.10. The average Bonchev–Trinajstić information content (AvgIpc) is 2.67. The molecule has 0 fully saturated rings. The van der Waals surface area contributed by atoms with Gasteiger partial charge in [0.05, 0.1) is 11.0 Å². The molecule has 0 saturated heterocycles. The number of aryl methyl sites for hydroxylation is 1. The Balaban J connectivity index is 2.26. The molecule has 1 atom stereocenters. The second kappa shape index (κ2) is 4.89. The Morgan fingerprint density at radius 1 is 1.47 bits per heavy atom. The molecule has 1 N–H and O–H groups in total. The summed E-state index contributed by atoms with van der Waals surface area (Å²) in [5, 5.41) is 10.1. The van der Waals surface area contributed by atoms with Crippen LogP contribution in [0.5, 0.6) is 0 Å². The van der Waals surface area contributed by atoms with Crippen molar-refractivity contribution < 1.29 is 9.50 Å². The Labute approximate surface area is 103 Å². The summed E-state index contributed by atoms with van der Waals surface area (Å²) in [6.07, 6.45) is 2.83. The summed E-state index contributed by atoms with van der Waals surface area (Å²) in [5.41, 5.74) is 0.576. The van der Waals surface area contributed by atoms with Gasteiger partial charge in [0, 0.05) is 19.4 Å². The smallest absolute Gasteiger partial charge is 0.172 e. The van der Waals surface area contributed by atoms with E-state index in [2.05, 4.69) is 4.98 Å². The van der Waals surface area contributed by atoms with Gasteiger partial charge < -0.3 is 9.67 Å². The summed E-state index contributed by atoms with van der Waals surface area (Å²) in [5.74, 6) is -0.337. The number of hydrogen-bond acceptors (Lipinski definition) is 3. The molecule has 90 valence electrons. The van der Waals surface area contributed by atoms with Crippen LogP contribution in [0.25, 0.3) is 0 Å². The zero-order valence-corrected chi connectivity index (χ0v) is 10.4. The highest BCUT2D eigenvalue weighted by Crippen LogP contribution is 2.29. The number of nitrogens with zero attached hydrogens (tertiary/aromatic N) is 2. The normalized spacial score (nSPS) is 12.7. The van der Waals surface area contributed by atoms with Gasteiger partial charge in [-0.15, -0.1) is 0 Å². The lowest BCUT2D eigenvalue weighted by atomic mass is 10.1. The van der Waals surface area contributed by atoms with Crippen molar-refractivity contribution in [3.63, 3.8) is 0 Å². The van der Waals surface area contributed by atoms with E-state index in [1.807, 2.05) is 17.8 Å². The van der Waals surface area contributed by atoms with Crippen molar-refractivity contribution in [2.24, 2.45) is 7.05 Å². The maximum atomic E-state index is 13.8. The average molecular weight is 252 g/mol. The van der Waals surface area contributed by atoms with Crippen molar-refractivity contribution in [2.45, 2.75) is 23.1 Å². The molecule has 1 heterocycles. The van der Waals surface area contributed by atoms with Crippen molar-refractivity contribution in [2.75, 3.05) is 0 Å². The Kier molecular flexibility index (Phi) is 3.49. The van der Waals surface area contributed by atoms with Crippen LogP contribution in [-0.4, -0.2) is 14.7 Å². The van der Waals surface area contributed by atoms with Gasteiger partial charge in [-0.25, -0.2) is 9.37 Å². The Morgan fingerprint density at radius 3 is 2.76 bits per heavy atom. The number of aliphatic hydroxyl groups is 1. The highest BCUT2D eigenvalue weighted by atomic mass is 32.2. The highest BCUT2D eigenvalue weighted by molar-refractivity contribution is 7.99. The van der Waals surface area contributed by atoms with Crippen molar-refractivity contribution in [1.29, 1.82) is 0 Å². The summed E-state index contributed by atoms with van der Waals surface area (Å²) < 4.78 is 15.6. The first-order chi connectivity index (χ1) is 8.08. The molecule has 0 aliphatic carbocycles. The standard InChI is InChI=1S/C12H13FN2OS/c1-8(16)9-3-4-11(10(13)7-9)17-12-14-5-6-15(12)2/h3-8,16H,1-2H3. The van der Waals surface area contributed by atoms with Crippen LogP contribution in [0.3, 0.4) is 0 Å². The molecular formula is C12H13FN2OS. The zero-order chi connectivity index (χ0) is 12.4. The van der Waals surface area contributed by atoms with Gasteiger partial charge in [0.2, 0.25) is 0 Å². The monoisotopic (exact) mass is 252 g/mol. The largest absolute Gasteiger partial charge is 0.389 e. The molecule has 0 aliphatic rings. The Bertz CT molecular complexity index is 525. The summed E-state index contributed by atoms with van der Waals surface area (Å²) >= 11 is 1.26. The van der Waals surface area contributed by atoms with E-state index in [0.717, 1.165) is 5.16 Å². The van der Waals surface area contributed by atoms with Crippen LogP contribution >= 0.6 is 11.8 Å². The fraction of sp³-hybridized carbons (Fsp3) is 0.250. The predicted molar refractivity (Wildman–Crippen MR) is 64.4 cm³/mol. The van der Waals surface area contributed by atoms with Gasteiger partial charge in [-0.2, -0.15) is 0 Å². The van der Waals surface area contributed by atoms with Crippen molar-refractivity contribution in [1.82, 2.24) is 9.55 Å². The van der Waals surface area contributed by atoms with E-state index in [1.54, 1.807) is 25.3 Å². The van der Waals surface area contributed by atoms with Crippen LogP contribution in [0, 0.1) is 5.82 Å². The van der Waals surface area contributed by atoms with Gasteiger partial charge in [0.1, 0.15) is 5.82 Å². The molecule has 1 aromatic heterocycles. The molecule has 0 bridgehead atoms. The van der Waals surface area contributed by atoms with Gasteiger partial charge >= 0.3 is 0 Å². The molecule has 0 saturated carbocycles. The van der Waals surface area contributed by atoms with E-state index in [1.165, 1.54) is 17.8 Å². The molecule has 0 amide bonds. The molecule has 0 radical (unpaired) electrons. The fourth-order valence-corrected chi connectivity index (χ4v) is 2.22. The number of hydrogen-bond donors (Lipinski definition) is 1. The van der Waals surface area contributed by atoms with Gasteiger partial charge in [-0.3, -0.25) is 0 Å². The lowest BCUT2D eigenvalue weighted by Crippen LogP contribution is -1.94. The molecule has 2 aromatic rings. The SMILES string of the molecule is CC(O)c1ccc(Sc2nccn2C)c(F)c1. The second-order valence-corrected chi connectivity index (χ2v) is 4.80. The van der Waals surface area contributed by atoms with Crippen molar-refractivity contribution >= 4 is 11.8 Å². The van der Waals surface area contributed by atoms with Gasteiger partial charge in [0.25, 0.3) is 0 Å². The van der Waals surface area contributed by atoms with Gasteiger partial charge in [-0.05, 0) is 36.4 Å². The predicted octanol–water partition coefficient (Wildman–Crippen LogP) is 2.76. The third-order valence-electron chi connectivity index (χ3n) is 2.42. The van der Waals surface area contributed by atoms with E-state index in [4.69, 9.17) is 0 Å². The van der Waals surface area contributed by atoms with Crippen molar-refractivity contribution in [3.8, 4) is 0 Å². The lowest BCUT2D eigenvalue weighted by Gasteiger charge is -2.07. The molecule has 5 heteroatoms. The zero-order valence-electron chi connectivity index (χ0n) is 9.59. The number of aromatic nitrogens is 2. The maximum absolute atomic E-state index is 13.8. The van der Waals surface area contributed by atoms with Crippen LogP contribution in [0.1, 0.15) is 18.6 Å². The Morgan fingerprint density at radius 2 is 2.24 bits per heavy atom. The van der Waals surface area contributed by atoms with E-state index in [-0.39, 0.29) is 5.82 Å². The minimum absolute atomic E-state index is 0.337. The van der Waals surface area contributed by atoms with E-state index < -0.39 is 6.10 Å². The quantitative estimate of drug-likeness (QED) is 0.912. The van der Waals surface area contributed by atoms with E-state index in [0.29, 0.717) is 10.5 Å². The summed E-state index contributed by atoms with van der Waals surface area (Å²) in [6, 6.07) is 4.74. The number of aliphatic hydroxyl groups excluding tert-OH is 1. The molecule has 3 nitrogen and oxygen atoms in total. The molecular weight excluding hydrogens is 239 g/mol. The molecule has 1 unspecified atom stereocenters. The van der Waals surface area contributed by atoms with Gasteiger partial charge in [-0.1, -0.05) is 6.07 Å². The Hall–Kier alpha value is -1.33. The summed E-state index contributed by atoms with van der Waals surface area (Å²) in [7, 11) is 1.86. The lowest BCUT2D eigenvalue weighted by molar-refractivity contribution is 0.198. The number of benzene rings is 1. The second-order valence-electron chi connectivity index (χ2n) is 3.79. The van der Waals surface area contributed by atoms with E-state index in [9.17, 15) is 9.50 Å². The summed E-state index contributed by atoms with van der Waals surface area (Å²) in [6.45, 7) is 1.61. The third kappa shape index (κ3) is 2.68. The number of imidazole rings is 1. The first-order valence-electron chi connectivity index (χ1n) is 5.20. The third-order valence-corrected chi connectivity index (χ3v) is 3.54. The maximum Gasteiger partial charge on any atom is 0.172 e. The number of rotatable bonds is 3. The molecule has 0 aliphatic heterocycles. The van der Waals surface area contributed by atoms with Crippen molar-refractivity contribution in [3.05, 3.63) is 42.0 Å². The first-order valence-corrected chi connectivity index (χ1v) is 6.02. The topological polar surface area (TPSA) is 38.1 Å². The van der Waals surface area contributed by atoms with E-state index >= 15 is 0 Å². The van der Waals surface area contributed by atoms with Crippen LogP contribution < -0.4 is 0 Å². The molecule has 0 spiro atoms. The minimum Gasteiger partial charge on any atom is -0.389 e. The van der Waals surface area contributed by atoms with Gasteiger partial charge in [0.15, 0.2) is 5.16 Å². The fourth-order valence-electron chi connectivity index (χ4n) is 1.41. The minimum atomic E-state index is -0.656. The van der Waals surface area contributed by atoms with Crippen LogP contribution in [0.4, 0.5) is 4.39 Å². The van der Waals surface area contributed by atoms with Crippen LogP contribution in [0.15, 0.2) is 40.6 Å². The van der Waals surface area contributed by atoms with Crippen LogP contribution in [-0.2, 0) is 7.05 Å². The summed E-state index contributed by atoms with van der Waals surface area (Å²) in [4.78, 5) is 4.62. The van der Waals surface area contributed by atoms with Crippen LogP contribution in [0.2, 0.25) is 0 Å². The number of halogens is 1. The molecule has 1 aromatic carbocycles. The molecule has 17 heavy (non-hydrogen) atoms. The first kappa shape index (κ1) is 12.1.